The number of nitrogens with zero attached hydrogens (tertiary/aromatic N) is 2. The average Bonchev–Trinajstić information content (AvgIpc) is 2.74. The molecule has 0 spiro atoms. The first-order valence-corrected chi connectivity index (χ1v) is 11.1. The van der Waals surface area contributed by atoms with Gasteiger partial charge in [0, 0.05) is 36.5 Å². The van der Waals surface area contributed by atoms with E-state index in [1.165, 1.54) is 0 Å². The molecule has 0 amide bonds. The number of benzene rings is 2. The van der Waals surface area contributed by atoms with Gasteiger partial charge in [0.15, 0.2) is 11.0 Å². The number of anilines is 1. The molecule has 6 heteroatoms. The van der Waals surface area contributed by atoms with E-state index in [1.54, 1.807) is 11.8 Å². The second-order valence-electron chi connectivity index (χ2n) is 7.77. The lowest BCUT2D eigenvalue weighted by atomic mass is 9.88. The average molecular weight is 410 g/mol. The van der Waals surface area contributed by atoms with Crippen molar-refractivity contribution in [2.24, 2.45) is 10.7 Å². The van der Waals surface area contributed by atoms with Gasteiger partial charge in [0.1, 0.15) is 0 Å². The fourth-order valence-corrected chi connectivity index (χ4v) is 4.85. The SMILES string of the molecule is CC1(c2cccc(CC(=O)c3ccc(N4CCOCC4)cc3)c2)CCSC(N)=N1. The molecule has 1 unspecified atom stereocenters. The van der Waals surface area contributed by atoms with Crippen LogP contribution in [0.25, 0.3) is 0 Å². The van der Waals surface area contributed by atoms with Crippen LogP contribution in [0.3, 0.4) is 0 Å². The quantitative estimate of drug-likeness (QED) is 0.764. The Morgan fingerprint density at radius 2 is 1.97 bits per heavy atom. The number of hydrogen-bond donors (Lipinski definition) is 1. The van der Waals surface area contributed by atoms with Gasteiger partial charge >= 0.3 is 0 Å². The lowest BCUT2D eigenvalue weighted by molar-refractivity contribution is 0.0993. The third kappa shape index (κ3) is 4.65. The molecule has 152 valence electrons. The first kappa shape index (κ1) is 20.0. The molecule has 0 radical (unpaired) electrons. The van der Waals surface area contributed by atoms with Crippen LogP contribution in [0.1, 0.15) is 34.8 Å². The summed E-state index contributed by atoms with van der Waals surface area (Å²) >= 11 is 1.60. The normalized spacial score (nSPS) is 22.2. The summed E-state index contributed by atoms with van der Waals surface area (Å²) in [6.45, 7) is 5.41. The van der Waals surface area contributed by atoms with E-state index >= 15 is 0 Å². The minimum absolute atomic E-state index is 0.128. The van der Waals surface area contributed by atoms with E-state index in [0.717, 1.165) is 60.9 Å². The Morgan fingerprint density at radius 3 is 2.69 bits per heavy atom. The van der Waals surface area contributed by atoms with E-state index in [-0.39, 0.29) is 11.3 Å². The molecule has 2 aliphatic heterocycles. The number of hydrogen-bond acceptors (Lipinski definition) is 6. The van der Waals surface area contributed by atoms with Crippen LogP contribution in [0.15, 0.2) is 53.5 Å². The van der Waals surface area contributed by atoms with Crippen LogP contribution < -0.4 is 10.6 Å². The zero-order valence-corrected chi connectivity index (χ0v) is 17.6. The minimum atomic E-state index is -0.311. The van der Waals surface area contributed by atoms with Gasteiger partial charge in [0.25, 0.3) is 0 Å². The highest BCUT2D eigenvalue weighted by molar-refractivity contribution is 8.13. The Hall–Kier alpha value is -2.31. The number of nitrogens with two attached hydrogens (primary N) is 1. The Morgan fingerprint density at radius 1 is 1.21 bits per heavy atom. The number of carbonyl (C=O) groups is 1. The molecule has 5 nitrogen and oxygen atoms in total. The lowest BCUT2D eigenvalue weighted by Crippen LogP contribution is -2.36. The molecule has 0 saturated carbocycles. The van der Waals surface area contributed by atoms with Crippen molar-refractivity contribution in [3.63, 3.8) is 0 Å². The summed E-state index contributed by atoms with van der Waals surface area (Å²) in [7, 11) is 0. The van der Waals surface area contributed by atoms with Crippen LogP contribution in [0.5, 0.6) is 0 Å². The first-order valence-electron chi connectivity index (χ1n) is 10.1. The molecule has 2 aromatic rings. The van der Waals surface area contributed by atoms with Crippen LogP contribution in [-0.4, -0.2) is 43.0 Å². The van der Waals surface area contributed by atoms with Gasteiger partial charge in [-0.2, -0.15) is 0 Å². The minimum Gasteiger partial charge on any atom is -0.379 e. The number of ketones is 1. The van der Waals surface area contributed by atoms with Crippen molar-refractivity contribution in [3.05, 3.63) is 65.2 Å². The summed E-state index contributed by atoms with van der Waals surface area (Å²) in [5, 5.41) is 0.639. The Kier molecular flexibility index (Phi) is 5.92. The van der Waals surface area contributed by atoms with Crippen molar-refractivity contribution >= 4 is 28.4 Å². The molecule has 2 N–H and O–H groups in total. The standard InChI is InChI=1S/C23H27N3O2S/c1-23(9-14-29-22(24)25-23)19-4-2-3-17(15-19)16-21(27)18-5-7-20(8-6-18)26-10-12-28-13-11-26/h2-8,15H,9-14,16H2,1H3,(H2,24,25). The summed E-state index contributed by atoms with van der Waals surface area (Å²) in [6.07, 6.45) is 1.33. The molecule has 2 aromatic carbocycles. The van der Waals surface area contributed by atoms with Crippen molar-refractivity contribution in [2.75, 3.05) is 37.0 Å². The van der Waals surface area contributed by atoms with Gasteiger partial charge in [-0.1, -0.05) is 36.0 Å². The van der Waals surface area contributed by atoms with E-state index in [2.05, 4.69) is 28.9 Å². The molecule has 4 rings (SSSR count). The number of carbonyl (C=O) groups excluding carboxylic acids is 1. The fourth-order valence-electron chi connectivity index (χ4n) is 3.88. The highest BCUT2D eigenvalue weighted by Gasteiger charge is 2.29. The van der Waals surface area contributed by atoms with Crippen LogP contribution in [0.2, 0.25) is 0 Å². The van der Waals surface area contributed by atoms with Crippen molar-refractivity contribution < 1.29 is 9.53 Å². The molecule has 2 heterocycles. The van der Waals surface area contributed by atoms with E-state index < -0.39 is 0 Å². The van der Waals surface area contributed by atoms with E-state index in [9.17, 15) is 4.79 Å². The molecular weight excluding hydrogens is 382 g/mol. The largest absolute Gasteiger partial charge is 0.379 e. The van der Waals surface area contributed by atoms with E-state index in [4.69, 9.17) is 10.5 Å². The number of aliphatic imine (C=N–C) groups is 1. The molecule has 1 fully saturated rings. The maximum absolute atomic E-state index is 12.8. The van der Waals surface area contributed by atoms with Crippen LogP contribution in [-0.2, 0) is 16.7 Å². The van der Waals surface area contributed by atoms with Crippen molar-refractivity contribution in [3.8, 4) is 0 Å². The molecular formula is C23H27N3O2S. The fraction of sp³-hybridized carbons (Fsp3) is 0.391. The number of rotatable bonds is 5. The van der Waals surface area contributed by atoms with Gasteiger partial charge < -0.3 is 15.4 Å². The molecule has 2 aliphatic rings. The summed E-state index contributed by atoms with van der Waals surface area (Å²) in [5.74, 6) is 1.09. The molecule has 0 aromatic heterocycles. The van der Waals surface area contributed by atoms with Gasteiger partial charge in [0.2, 0.25) is 0 Å². The van der Waals surface area contributed by atoms with Gasteiger partial charge in [-0.15, -0.1) is 0 Å². The molecule has 29 heavy (non-hydrogen) atoms. The van der Waals surface area contributed by atoms with Gasteiger partial charge in [0.05, 0.1) is 18.8 Å². The van der Waals surface area contributed by atoms with Crippen molar-refractivity contribution in [2.45, 2.75) is 25.3 Å². The molecule has 0 aliphatic carbocycles. The number of amidine groups is 1. The molecule has 1 atom stereocenters. The number of morpholine rings is 1. The predicted molar refractivity (Wildman–Crippen MR) is 120 cm³/mol. The van der Waals surface area contributed by atoms with E-state index in [0.29, 0.717) is 11.6 Å². The lowest BCUT2D eigenvalue weighted by Gasteiger charge is -2.30. The Balaban J connectivity index is 1.46. The maximum Gasteiger partial charge on any atom is 0.167 e. The number of Topliss-reactive ketones (excluding diaryl/α,β-unsaturated/α-hetero) is 1. The zero-order valence-electron chi connectivity index (χ0n) is 16.8. The Bertz CT molecular complexity index is 907. The highest BCUT2D eigenvalue weighted by Crippen LogP contribution is 2.35. The third-order valence-electron chi connectivity index (χ3n) is 5.67. The second-order valence-corrected chi connectivity index (χ2v) is 8.88. The first-order chi connectivity index (χ1) is 14.0. The summed E-state index contributed by atoms with van der Waals surface area (Å²) in [5.41, 5.74) is 9.67. The number of ether oxygens (including phenoxy) is 1. The van der Waals surface area contributed by atoms with Gasteiger partial charge in [-0.05, 0) is 48.7 Å². The van der Waals surface area contributed by atoms with Crippen LogP contribution >= 0.6 is 11.8 Å². The van der Waals surface area contributed by atoms with Crippen molar-refractivity contribution in [1.29, 1.82) is 0 Å². The second kappa shape index (κ2) is 8.59. The maximum atomic E-state index is 12.8. The molecule has 1 saturated heterocycles. The number of thioether (sulfide) groups is 1. The smallest absolute Gasteiger partial charge is 0.167 e. The summed E-state index contributed by atoms with van der Waals surface area (Å²) < 4.78 is 5.40. The summed E-state index contributed by atoms with van der Waals surface area (Å²) in [4.78, 5) is 19.8. The molecule has 0 bridgehead atoms. The van der Waals surface area contributed by atoms with E-state index in [1.807, 2.05) is 36.4 Å². The van der Waals surface area contributed by atoms with Crippen LogP contribution in [0.4, 0.5) is 5.69 Å². The summed E-state index contributed by atoms with van der Waals surface area (Å²) in [6, 6.07) is 16.1. The van der Waals surface area contributed by atoms with Gasteiger partial charge in [-0.25, -0.2) is 0 Å². The van der Waals surface area contributed by atoms with Gasteiger partial charge in [-0.3, -0.25) is 9.79 Å². The zero-order chi connectivity index (χ0) is 20.3. The van der Waals surface area contributed by atoms with Crippen LogP contribution in [0, 0.1) is 0 Å². The Labute approximate surface area is 176 Å². The van der Waals surface area contributed by atoms with Crippen molar-refractivity contribution in [1.82, 2.24) is 0 Å². The third-order valence-corrected chi connectivity index (χ3v) is 6.47. The highest BCUT2D eigenvalue weighted by atomic mass is 32.2. The topological polar surface area (TPSA) is 67.9 Å². The predicted octanol–water partition coefficient (Wildman–Crippen LogP) is 3.62. The monoisotopic (exact) mass is 409 g/mol.